The Bertz CT molecular complexity index is 2870. The number of hydrogen-bond donors (Lipinski definition) is 6. The first-order chi connectivity index (χ1) is 27.7. The number of carbonyl (C=O) groups excluding carboxylic acids is 2. The molecule has 4 heterocycles. The summed E-state index contributed by atoms with van der Waals surface area (Å²) in [6, 6.07) is 16.8. The molecule has 0 radical (unpaired) electrons. The zero-order chi connectivity index (χ0) is 41.0. The van der Waals surface area contributed by atoms with E-state index < -0.39 is 47.3 Å². The van der Waals surface area contributed by atoms with E-state index in [1.54, 1.807) is 29.2 Å². The van der Waals surface area contributed by atoms with Gasteiger partial charge in [0.15, 0.2) is 5.43 Å². The van der Waals surface area contributed by atoms with E-state index in [0.29, 0.717) is 38.3 Å². The molecule has 1 aromatic heterocycles. The van der Waals surface area contributed by atoms with Crippen LogP contribution in [0.2, 0.25) is 5.02 Å². The molecule has 2 amide bonds. The summed E-state index contributed by atoms with van der Waals surface area (Å²) < 4.78 is 11.0. The number of aliphatic carboxylic acids is 1. The fraction of sp³-hybridized carbons (Fsp3) is 0.150. The average Bonchev–Trinajstić information content (AvgIpc) is 3.17. The zero-order valence-corrected chi connectivity index (χ0v) is 32.0. The van der Waals surface area contributed by atoms with Crippen molar-refractivity contribution in [3.05, 3.63) is 121 Å². The summed E-state index contributed by atoms with van der Waals surface area (Å²) >= 11 is 8.63. The lowest BCUT2D eigenvalue weighted by Gasteiger charge is -2.52. The van der Waals surface area contributed by atoms with E-state index in [-0.39, 0.29) is 73.4 Å². The fourth-order valence-electron chi connectivity index (χ4n) is 7.00. The number of aromatic hydroxyl groups is 2. The maximum absolute atomic E-state index is 12.8. The predicted molar refractivity (Wildman–Crippen MR) is 215 cm³/mol. The number of phenols is 2. The van der Waals surface area contributed by atoms with Gasteiger partial charge in [0.05, 0.1) is 28.5 Å². The quantitative estimate of drug-likeness (QED) is 0.0593. The molecule has 1 fully saturated rings. The van der Waals surface area contributed by atoms with Crippen LogP contribution in [-0.2, 0) is 9.59 Å². The van der Waals surface area contributed by atoms with E-state index in [4.69, 9.17) is 20.4 Å². The maximum Gasteiger partial charge on any atom is 0.352 e. The van der Waals surface area contributed by atoms with Crippen molar-refractivity contribution in [2.24, 2.45) is 0 Å². The molecule has 8 rings (SSSR count). The van der Waals surface area contributed by atoms with Crippen LogP contribution in [0.1, 0.15) is 20.7 Å². The number of aromatic carboxylic acids is 1. The summed E-state index contributed by atoms with van der Waals surface area (Å²) in [5.74, 6) is -3.37. The first-order valence-corrected chi connectivity index (χ1v) is 19.7. The molecule has 58 heavy (non-hydrogen) atoms. The van der Waals surface area contributed by atoms with Crippen molar-refractivity contribution >= 4 is 80.8 Å². The fourth-order valence-corrected chi connectivity index (χ4v) is 9.61. The van der Waals surface area contributed by atoms with Crippen LogP contribution in [0.25, 0.3) is 44.4 Å². The molecule has 3 aromatic carbocycles. The predicted octanol–water partition coefficient (Wildman–Crippen LogP) is 5.17. The van der Waals surface area contributed by atoms with E-state index in [1.165, 1.54) is 66.0 Å². The minimum absolute atomic E-state index is 0.00992. The lowest BCUT2D eigenvalue weighted by atomic mass is 9.91. The molecular formula is C40H28ClN3O12S2. The van der Waals surface area contributed by atoms with Gasteiger partial charge in [-0.25, -0.2) is 14.4 Å². The molecule has 4 aliphatic rings. The third kappa shape index (κ3) is 7.19. The molecule has 0 saturated carbocycles. The number of carboxylic acids is 2. The Hall–Kier alpha value is -6.43. The van der Waals surface area contributed by atoms with Crippen molar-refractivity contribution in [2.75, 3.05) is 24.6 Å². The number of rotatable bonds is 10. The number of nitrogens with zero attached hydrogens (tertiary/aromatic N) is 1. The Morgan fingerprint density at radius 2 is 1.67 bits per heavy atom. The van der Waals surface area contributed by atoms with Crippen molar-refractivity contribution in [3.8, 4) is 33.9 Å². The summed E-state index contributed by atoms with van der Waals surface area (Å²) in [7, 11) is 0. The zero-order valence-electron chi connectivity index (χ0n) is 29.6. The normalized spacial score (nSPS) is 16.3. The van der Waals surface area contributed by atoms with Crippen LogP contribution in [0, 0.1) is 0 Å². The first-order valence-electron chi connectivity index (χ1n) is 17.3. The smallest absolute Gasteiger partial charge is 0.352 e. The Labute approximate surface area is 339 Å². The second-order valence-corrected chi connectivity index (χ2v) is 15.9. The first kappa shape index (κ1) is 38.4. The highest BCUT2D eigenvalue weighted by atomic mass is 35.5. The number of amides is 2. The summed E-state index contributed by atoms with van der Waals surface area (Å²) in [5, 5.41) is 46.0. The molecule has 2 unspecified atom stereocenters. The molecule has 2 atom stereocenters. The SMILES string of the molecule is O=C(CNC(=O)c1cc2cc(Cl)c(O)cc2oc1=O)NC1CN2C(C(=O)O)=C(CSc3ccc(-c4c5ccc(=O)cc-5oc5cc(O)ccc45)c(C(=O)O)c3)CSC12. The number of carbonyl (C=O) groups is 4. The molecule has 0 spiro atoms. The van der Waals surface area contributed by atoms with Gasteiger partial charge in [-0.1, -0.05) is 17.7 Å². The summed E-state index contributed by atoms with van der Waals surface area (Å²) in [4.78, 5) is 77.6. The molecule has 0 bridgehead atoms. The van der Waals surface area contributed by atoms with Gasteiger partial charge in [0.1, 0.15) is 39.7 Å². The second kappa shape index (κ2) is 15.1. The minimum atomic E-state index is -1.21. The third-order valence-electron chi connectivity index (χ3n) is 9.68. The van der Waals surface area contributed by atoms with E-state index in [0.717, 1.165) is 6.07 Å². The minimum Gasteiger partial charge on any atom is -0.508 e. The molecule has 4 aromatic rings. The topological polar surface area (TPSA) is 237 Å². The number of nitrogens with one attached hydrogen (secondary N) is 2. The van der Waals surface area contributed by atoms with Gasteiger partial charge >= 0.3 is 17.6 Å². The molecule has 3 aliphatic heterocycles. The van der Waals surface area contributed by atoms with Gasteiger partial charge in [-0.2, -0.15) is 0 Å². The van der Waals surface area contributed by atoms with Crippen LogP contribution in [0.3, 0.4) is 0 Å². The molecule has 1 aliphatic carbocycles. The highest BCUT2D eigenvalue weighted by molar-refractivity contribution is 8.01. The standard InChI is InChI=1S/C40H28ClN3O12S2/c41-27-8-17-7-26(40(54)56-30(17)12-29(27)47)36(49)42-13-33(48)43-28-14-44-35(39(52)53)18(16-58-37(28)44)15-57-21-3-6-22(25(11-21)38(50)51)34-23-4-1-19(45)9-31(23)55-32-10-20(46)2-5-24(32)34/h1-12,28,37,45,47H,13-16H2,(H,42,49)(H,43,48)(H,50,51)(H,52,53). The monoisotopic (exact) mass is 841 g/mol. The number of phenolic OH excluding ortho intramolecular Hbond substituents is 2. The van der Waals surface area contributed by atoms with Crippen LogP contribution in [0.5, 0.6) is 11.5 Å². The largest absolute Gasteiger partial charge is 0.508 e. The van der Waals surface area contributed by atoms with Crippen LogP contribution in [0.15, 0.2) is 107 Å². The maximum atomic E-state index is 12.8. The Balaban J connectivity index is 0.947. The lowest BCUT2D eigenvalue weighted by Crippen LogP contribution is -2.67. The van der Waals surface area contributed by atoms with Gasteiger partial charge in [0, 0.05) is 63.0 Å². The van der Waals surface area contributed by atoms with Gasteiger partial charge in [-0.15, -0.1) is 23.5 Å². The van der Waals surface area contributed by atoms with Crippen LogP contribution >= 0.6 is 35.1 Å². The van der Waals surface area contributed by atoms with Gasteiger partial charge in [-0.05, 0) is 59.7 Å². The lowest BCUT2D eigenvalue weighted by molar-refractivity contribution is -0.135. The van der Waals surface area contributed by atoms with Crippen molar-refractivity contribution in [1.82, 2.24) is 15.5 Å². The molecule has 18 heteroatoms. The Morgan fingerprint density at radius 1 is 0.879 bits per heavy atom. The highest BCUT2D eigenvalue weighted by Crippen LogP contribution is 2.44. The summed E-state index contributed by atoms with van der Waals surface area (Å²) in [5.41, 5.74) is 0.656. The second-order valence-electron chi connectivity index (χ2n) is 13.4. The Kier molecular flexibility index (Phi) is 10.0. The number of fused-ring (bicyclic) bond motifs is 4. The van der Waals surface area contributed by atoms with Crippen molar-refractivity contribution in [1.29, 1.82) is 0 Å². The van der Waals surface area contributed by atoms with Crippen molar-refractivity contribution in [3.63, 3.8) is 0 Å². The van der Waals surface area contributed by atoms with Gasteiger partial charge < -0.3 is 44.8 Å². The van der Waals surface area contributed by atoms with Gasteiger partial charge in [-0.3, -0.25) is 14.4 Å². The van der Waals surface area contributed by atoms with E-state index >= 15 is 0 Å². The third-order valence-corrected chi connectivity index (χ3v) is 12.5. The number of thioether (sulfide) groups is 2. The summed E-state index contributed by atoms with van der Waals surface area (Å²) in [6.45, 7) is -0.290. The van der Waals surface area contributed by atoms with Gasteiger partial charge in [0.25, 0.3) is 5.91 Å². The number of benzene rings is 4. The molecule has 294 valence electrons. The van der Waals surface area contributed by atoms with Crippen molar-refractivity contribution < 1.29 is 48.4 Å². The number of hydrogen-bond acceptors (Lipinski definition) is 13. The molecular weight excluding hydrogens is 814 g/mol. The molecule has 15 nitrogen and oxygen atoms in total. The Morgan fingerprint density at radius 3 is 2.45 bits per heavy atom. The van der Waals surface area contributed by atoms with E-state index in [2.05, 4.69) is 10.6 Å². The van der Waals surface area contributed by atoms with Crippen LogP contribution in [0.4, 0.5) is 0 Å². The number of carboxylic acid groups (broad SMARTS) is 2. The van der Waals surface area contributed by atoms with Gasteiger partial charge in [0.2, 0.25) is 5.91 Å². The number of halogens is 1. The highest BCUT2D eigenvalue weighted by Gasteiger charge is 2.46. The van der Waals surface area contributed by atoms with Crippen LogP contribution in [-0.4, -0.2) is 85.1 Å². The van der Waals surface area contributed by atoms with E-state index in [9.17, 15) is 49.2 Å². The van der Waals surface area contributed by atoms with E-state index in [1.807, 2.05) is 0 Å². The van der Waals surface area contributed by atoms with Crippen molar-refractivity contribution in [2.45, 2.75) is 16.3 Å². The molecule has 1 saturated heterocycles. The van der Waals surface area contributed by atoms with Crippen LogP contribution < -0.4 is 21.7 Å². The average molecular weight is 842 g/mol. The molecule has 6 N–H and O–H groups in total. The summed E-state index contributed by atoms with van der Waals surface area (Å²) in [6.07, 6.45) is 0.